The van der Waals surface area contributed by atoms with Gasteiger partial charge in [-0.15, -0.1) is 11.3 Å². The Morgan fingerprint density at radius 3 is 1.85 bits per heavy atom. The van der Waals surface area contributed by atoms with Crippen LogP contribution < -0.4 is 0 Å². The molecule has 0 aliphatic rings. The van der Waals surface area contributed by atoms with Crippen molar-refractivity contribution >= 4 is 97.9 Å². The average molecular weight is 632 g/mol. The van der Waals surface area contributed by atoms with Gasteiger partial charge in [-0.25, -0.2) is 4.98 Å². The maximum absolute atomic E-state index is 4.89. The molecule has 10 rings (SSSR count). The molecule has 0 bridgehead atoms. The molecule has 0 saturated heterocycles. The van der Waals surface area contributed by atoms with Crippen LogP contribution in [-0.4, -0.2) is 14.1 Å². The highest BCUT2D eigenvalue weighted by atomic mass is 32.1. The smallest absolute Gasteiger partial charge is 0.137 e. The molecule has 3 aromatic heterocycles. The Labute approximate surface area is 280 Å². The minimum absolute atomic E-state index is 0.868. The number of thiophene rings is 1. The molecular formula is C44H29N3S. The van der Waals surface area contributed by atoms with Gasteiger partial charge in [0.1, 0.15) is 5.82 Å². The number of fused-ring (bicyclic) bond motifs is 15. The predicted molar refractivity (Wildman–Crippen MR) is 209 cm³/mol. The molecule has 0 atom stereocenters. The van der Waals surface area contributed by atoms with E-state index in [2.05, 4.69) is 132 Å². The van der Waals surface area contributed by atoms with Crippen molar-refractivity contribution in [3.63, 3.8) is 0 Å². The van der Waals surface area contributed by atoms with Crippen LogP contribution in [-0.2, 0) is 0 Å². The van der Waals surface area contributed by atoms with Gasteiger partial charge in [0.2, 0.25) is 0 Å². The van der Waals surface area contributed by atoms with Crippen LogP contribution >= 0.6 is 11.3 Å². The van der Waals surface area contributed by atoms with E-state index < -0.39 is 0 Å². The van der Waals surface area contributed by atoms with E-state index in [1.807, 2.05) is 41.2 Å². The fourth-order valence-electron chi connectivity index (χ4n) is 7.81. The lowest BCUT2D eigenvalue weighted by molar-refractivity contribution is 1.11. The first-order chi connectivity index (χ1) is 23.7. The Kier molecular flexibility index (Phi) is 5.81. The lowest BCUT2D eigenvalue weighted by Crippen LogP contribution is -1.94. The van der Waals surface area contributed by atoms with Crippen molar-refractivity contribution in [3.8, 4) is 16.9 Å². The van der Waals surface area contributed by atoms with Crippen molar-refractivity contribution in [1.82, 2.24) is 14.1 Å². The van der Waals surface area contributed by atoms with Crippen LogP contribution in [0.3, 0.4) is 0 Å². The molecule has 7 aromatic carbocycles. The summed E-state index contributed by atoms with van der Waals surface area (Å²) in [6.45, 7) is 5.98. The number of aromatic nitrogens is 3. The quantitative estimate of drug-likeness (QED) is 0.177. The molecule has 0 saturated carbocycles. The second kappa shape index (κ2) is 10.3. The number of hydrogen-bond acceptors (Lipinski definition) is 2. The summed E-state index contributed by atoms with van der Waals surface area (Å²) in [5, 5.41) is 13.0. The van der Waals surface area contributed by atoms with Gasteiger partial charge in [-0.05, 0) is 52.7 Å². The van der Waals surface area contributed by atoms with Crippen molar-refractivity contribution in [2.45, 2.75) is 6.92 Å². The second-order valence-electron chi connectivity index (χ2n) is 12.3. The van der Waals surface area contributed by atoms with Gasteiger partial charge < -0.3 is 9.13 Å². The molecular weight excluding hydrogens is 603 g/mol. The number of allylic oxidation sites excluding steroid dienone is 1. The Balaban J connectivity index is 1.38. The minimum Gasteiger partial charge on any atom is -0.309 e. The summed E-state index contributed by atoms with van der Waals surface area (Å²) in [5.41, 5.74) is 5.58. The Morgan fingerprint density at radius 1 is 0.604 bits per heavy atom. The molecule has 3 heterocycles. The molecule has 0 amide bonds. The maximum atomic E-state index is 4.89. The van der Waals surface area contributed by atoms with Crippen molar-refractivity contribution in [2.24, 2.45) is 0 Å². The van der Waals surface area contributed by atoms with Crippen molar-refractivity contribution in [2.75, 3.05) is 0 Å². The van der Waals surface area contributed by atoms with Gasteiger partial charge in [0.05, 0.1) is 16.7 Å². The van der Waals surface area contributed by atoms with Crippen LogP contribution in [0.2, 0.25) is 0 Å². The molecule has 0 aliphatic heterocycles. The highest BCUT2D eigenvalue weighted by Crippen LogP contribution is 2.51. The second-order valence-corrected chi connectivity index (χ2v) is 13.4. The van der Waals surface area contributed by atoms with Crippen LogP contribution in [0.25, 0.3) is 104 Å². The fraction of sp³-hybridized carbons (Fsp3) is 0.0227. The third-order valence-electron chi connectivity index (χ3n) is 9.81. The summed E-state index contributed by atoms with van der Waals surface area (Å²) < 4.78 is 7.14. The molecule has 0 N–H and O–H groups in total. The van der Waals surface area contributed by atoms with E-state index in [1.54, 1.807) is 6.20 Å². The van der Waals surface area contributed by atoms with Crippen LogP contribution in [0.4, 0.5) is 0 Å². The van der Waals surface area contributed by atoms with E-state index in [0.717, 1.165) is 22.8 Å². The molecule has 0 aliphatic carbocycles. The van der Waals surface area contributed by atoms with Gasteiger partial charge in [0.15, 0.2) is 0 Å². The number of hydrogen-bond donors (Lipinski definition) is 0. The van der Waals surface area contributed by atoms with Crippen molar-refractivity contribution in [3.05, 3.63) is 146 Å². The van der Waals surface area contributed by atoms with E-state index in [1.165, 1.54) is 74.3 Å². The zero-order chi connectivity index (χ0) is 31.9. The molecule has 0 radical (unpaired) electrons. The van der Waals surface area contributed by atoms with Gasteiger partial charge in [-0.3, -0.25) is 0 Å². The van der Waals surface area contributed by atoms with Gasteiger partial charge in [-0.2, -0.15) is 0 Å². The number of benzene rings is 7. The van der Waals surface area contributed by atoms with Crippen LogP contribution in [0.1, 0.15) is 12.7 Å². The molecule has 0 spiro atoms. The van der Waals surface area contributed by atoms with Gasteiger partial charge >= 0.3 is 0 Å². The summed E-state index contributed by atoms with van der Waals surface area (Å²) in [4.78, 5) is 4.89. The summed E-state index contributed by atoms with van der Waals surface area (Å²) in [5.74, 6) is 0.868. The van der Waals surface area contributed by atoms with Gasteiger partial charge in [-0.1, -0.05) is 116 Å². The highest BCUT2D eigenvalue weighted by molar-refractivity contribution is 7.28. The van der Waals surface area contributed by atoms with E-state index in [-0.39, 0.29) is 0 Å². The Bertz CT molecular complexity index is 2970. The SMILES string of the molecule is C=Cn1cc(-c2ccc(-n3c4ccccc4c4c5ccccc5c5sc6c7ccccc7c7ccccc7c6c5c43)cc2)nc1/C=C\C. The topological polar surface area (TPSA) is 22.8 Å². The summed E-state index contributed by atoms with van der Waals surface area (Å²) in [7, 11) is 0. The standard InChI is InChI=1S/C44H29N3S/c1-3-13-38-45-36(26-46(38)4-2)27-22-24-28(25-23-27)47-37-21-12-11-20-35(37)39-32-17-8-10-19-34(32)44-41(42(39)47)40-31-16-7-5-14-29(31)30-15-6-9-18-33(30)43(40)48-44/h3-26H,2H2,1H3/b13-3-. The molecule has 10 aromatic rings. The van der Waals surface area contributed by atoms with Crippen molar-refractivity contribution in [1.29, 1.82) is 0 Å². The number of nitrogens with zero attached hydrogens (tertiary/aromatic N) is 3. The molecule has 0 fully saturated rings. The van der Waals surface area contributed by atoms with Crippen LogP contribution in [0, 0.1) is 0 Å². The first-order valence-corrected chi connectivity index (χ1v) is 17.1. The summed E-state index contributed by atoms with van der Waals surface area (Å²) >= 11 is 1.94. The lowest BCUT2D eigenvalue weighted by Gasteiger charge is -2.12. The minimum atomic E-state index is 0.868. The first-order valence-electron chi connectivity index (χ1n) is 16.3. The maximum Gasteiger partial charge on any atom is 0.137 e. The summed E-state index contributed by atoms with van der Waals surface area (Å²) in [6, 6.07) is 44.5. The number of para-hydroxylation sites is 1. The zero-order valence-electron chi connectivity index (χ0n) is 26.3. The molecule has 4 heteroatoms. The third kappa shape index (κ3) is 3.66. The van der Waals surface area contributed by atoms with Gasteiger partial charge in [0, 0.05) is 65.4 Å². The monoisotopic (exact) mass is 631 g/mol. The fourth-order valence-corrected chi connectivity index (χ4v) is 9.20. The Morgan fingerprint density at radius 2 is 1.17 bits per heavy atom. The molecule has 0 unspecified atom stereocenters. The van der Waals surface area contributed by atoms with E-state index in [0.29, 0.717) is 0 Å². The highest BCUT2D eigenvalue weighted by Gasteiger charge is 2.24. The number of rotatable bonds is 4. The van der Waals surface area contributed by atoms with Gasteiger partial charge in [0.25, 0.3) is 0 Å². The molecule has 48 heavy (non-hydrogen) atoms. The normalized spacial score (nSPS) is 12.3. The van der Waals surface area contributed by atoms with E-state index >= 15 is 0 Å². The first kappa shape index (κ1) is 27.2. The predicted octanol–water partition coefficient (Wildman–Crippen LogP) is 12.6. The molecule has 226 valence electrons. The van der Waals surface area contributed by atoms with Crippen LogP contribution in [0.5, 0.6) is 0 Å². The Hall–Kier alpha value is -5.97. The van der Waals surface area contributed by atoms with E-state index in [4.69, 9.17) is 4.98 Å². The summed E-state index contributed by atoms with van der Waals surface area (Å²) in [6.07, 6.45) is 7.85. The zero-order valence-corrected chi connectivity index (χ0v) is 27.1. The van der Waals surface area contributed by atoms with Crippen molar-refractivity contribution < 1.29 is 0 Å². The molecule has 3 nitrogen and oxygen atoms in total. The lowest BCUT2D eigenvalue weighted by atomic mass is 9.94. The third-order valence-corrected chi connectivity index (χ3v) is 11.1. The average Bonchev–Trinajstić information content (AvgIpc) is 3.85. The van der Waals surface area contributed by atoms with E-state index in [9.17, 15) is 0 Å². The largest absolute Gasteiger partial charge is 0.309 e. The van der Waals surface area contributed by atoms with Crippen LogP contribution in [0.15, 0.2) is 140 Å². The number of imidazole rings is 1.